The van der Waals surface area contributed by atoms with Gasteiger partial charge in [-0.05, 0) is 37.0 Å². The largest absolute Gasteiger partial charge is 0.301 e. The summed E-state index contributed by atoms with van der Waals surface area (Å²) in [6, 6.07) is -0.497. The molecule has 0 spiro atoms. The fraction of sp³-hybridized carbons (Fsp3) is 0.682. The van der Waals surface area contributed by atoms with E-state index >= 15 is 0 Å². The summed E-state index contributed by atoms with van der Waals surface area (Å²) >= 11 is 0. The van der Waals surface area contributed by atoms with E-state index in [1.165, 1.54) is 57.2 Å². The average molecular weight is 380 g/mol. The topological polar surface area (TPSA) is 37.4 Å². The lowest BCUT2D eigenvalue weighted by Crippen LogP contribution is -2.41. The quantitative estimate of drug-likeness (QED) is 0.263. The van der Waals surface area contributed by atoms with Crippen molar-refractivity contribution in [2.24, 2.45) is 5.92 Å². The van der Waals surface area contributed by atoms with Crippen molar-refractivity contribution in [2.75, 3.05) is 18.3 Å². The molecule has 0 radical (unpaired) electrons. The van der Waals surface area contributed by atoms with Gasteiger partial charge in [0.2, 0.25) is 0 Å². The molecule has 1 aliphatic rings. The summed E-state index contributed by atoms with van der Waals surface area (Å²) in [6.45, 7) is 9.15. The predicted molar refractivity (Wildman–Crippen MR) is 115 cm³/mol. The Kier molecular flexibility index (Phi) is 10.0. The van der Waals surface area contributed by atoms with E-state index < -0.39 is 16.1 Å². The SMILES string of the molecule is C=C=CC(=O)C(CC)N(C=C)C(=O)S(C)(C)CCCCC1CCCCC1. The number of nitrogens with zero attached hydrogens (tertiary/aromatic N) is 1. The fourth-order valence-electron chi connectivity index (χ4n) is 3.81. The zero-order chi connectivity index (χ0) is 19.6. The van der Waals surface area contributed by atoms with Crippen LogP contribution in [0.5, 0.6) is 0 Å². The number of carbonyl (C=O) groups excluding carboxylic acids is 2. The summed E-state index contributed by atoms with van der Waals surface area (Å²) < 4.78 is 0. The maximum Gasteiger partial charge on any atom is 0.268 e. The molecule has 1 atom stereocenters. The normalized spacial score (nSPS) is 17.0. The molecule has 0 aromatic carbocycles. The molecule has 26 heavy (non-hydrogen) atoms. The number of amides is 1. The Hall–Kier alpha value is -1.25. The van der Waals surface area contributed by atoms with Crippen LogP contribution in [0.2, 0.25) is 0 Å². The van der Waals surface area contributed by atoms with Crippen molar-refractivity contribution in [1.29, 1.82) is 0 Å². The lowest BCUT2D eigenvalue weighted by atomic mass is 9.86. The van der Waals surface area contributed by atoms with Gasteiger partial charge in [0.25, 0.3) is 5.24 Å². The van der Waals surface area contributed by atoms with Crippen molar-refractivity contribution in [3.8, 4) is 0 Å². The first-order valence-corrected chi connectivity index (χ1v) is 12.5. The van der Waals surface area contributed by atoms with Crippen LogP contribution in [0, 0.1) is 5.92 Å². The highest BCUT2D eigenvalue weighted by Crippen LogP contribution is 2.44. The maximum absolute atomic E-state index is 13.1. The van der Waals surface area contributed by atoms with Gasteiger partial charge in [0, 0.05) is 12.3 Å². The molecule has 0 N–H and O–H groups in total. The zero-order valence-corrected chi connectivity index (χ0v) is 17.8. The second-order valence-electron chi connectivity index (χ2n) is 7.77. The maximum atomic E-state index is 13.1. The first-order chi connectivity index (χ1) is 12.4. The van der Waals surface area contributed by atoms with Gasteiger partial charge in [0.15, 0.2) is 5.78 Å². The van der Waals surface area contributed by atoms with Crippen LogP contribution in [0.4, 0.5) is 4.79 Å². The minimum atomic E-state index is -1.46. The molecule has 1 amide bonds. The van der Waals surface area contributed by atoms with E-state index in [-0.39, 0.29) is 11.0 Å². The van der Waals surface area contributed by atoms with Gasteiger partial charge in [-0.1, -0.05) is 65.0 Å². The summed E-state index contributed by atoms with van der Waals surface area (Å²) in [5.41, 5.74) is 2.52. The molecular weight excluding hydrogens is 342 g/mol. The van der Waals surface area contributed by atoms with E-state index in [2.05, 4.69) is 31.4 Å². The van der Waals surface area contributed by atoms with Gasteiger partial charge in [-0.25, -0.2) is 0 Å². The smallest absolute Gasteiger partial charge is 0.268 e. The Bertz CT molecular complexity index is 528. The third-order valence-corrected chi connectivity index (χ3v) is 7.88. The summed E-state index contributed by atoms with van der Waals surface area (Å²) in [7, 11) is -1.46. The molecule has 3 nitrogen and oxygen atoms in total. The van der Waals surface area contributed by atoms with E-state index in [4.69, 9.17) is 0 Å². The molecular formula is C22H37NO2S. The van der Waals surface area contributed by atoms with Gasteiger partial charge in [-0.15, -0.1) is 5.73 Å². The van der Waals surface area contributed by atoms with Crippen molar-refractivity contribution < 1.29 is 9.59 Å². The van der Waals surface area contributed by atoms with Crippen LogP contribution in [0.3, 0.4) is 0 Å². The molecule has 1 rings (SSSR count). The van der Waals surface area contributed by atoms with Crippen LogP contribution in [0.1, 0.15) is 64.7 Å². The molecule has 0 heterocycles. The van der Waals surface area contributed by atoms with Crippen molar-refractivity contribution in [3.63, 3.8) is 0 Å². The molecule has 0 aromatic heterocycles. The molecule has 0 aliphatic heterocycles. The summed E-state index contributed by atoms with van der Waals surface area (Å²) in [5.74, 6) is 1.68. The number of unbranched alkanes of at least 4 members (excludes halogenated alkanes) is 1. The molecule has 1 saturated carbocycles. The zero-order valence-electron chi connectivity index (χ0n) is 17.0. The van der Waals surface area contributed by atoms with E-state index in [1.807, 2.05) is 6.92 Å². The highest BCUT2D eigenvalue weighted by molar-refractivity contribution is 8.44. The number of hydrogen-bond acceptors (Lipinski definition) is 2. The second-order valence-corrected chi connectivity index (χ2v) is 11.6. The van der Waals surface area contributed by atoms with Crippen molar-refractivity contribution in [3.05, 3.63) is 31.2 Å². The number of rotatable bonds is 10. The fourth-order valence-corrected chi connectivity index (χ4v) is 5.68. The van der Waals surface area contributed by atoms with E-state index in [0.717, 1.165) is 18.1 Å². The molecule has 0 aromatic rings. The van der Waals surface area contributed by atoms with Gasteiger partial charge in [-0.3, -0.25) is 9.59 Å². The monoisotopic (exact) mass is 379 g/mol. The summed E-state index contributed by atoms with van der Waals surface area (Å²) in [5, 5.41) is 0.0582. The minimum absolute atomic E-state index is 0.0582. The molecule has 4 heteroatoms. The van der Waals surface area contributed by atoms with Gasteiger partial charge in [0.1, 0.15) is 0 Å². The number of ketones is 1. The molecule has 1 aliphatic carbocycles. The Morgan fingerprint density at radius 1 is 1.23 bits per heavy atom. The number of carbonyl (C=O) groups is 2. The van der Waals surface area contributed by atoms with Crippen molar-refractivity contribution >= 4 is 21.1 Å². The Morgan fingerprint density at radius 3 is 2.42 bits per heavy atom. The summed E-state index contributed by atoms with van der Waals surface area (Å²) in [4.78, 5) is 26.9. The average Bonchev–Trinajstić information content (AvgIpc) is 2.63. The van der Waals surface area contributed by atoms with Gasteiger partial charge >= 0.3 is 0 Å². The third kappa shape index (κ3) is 6.81. The molecule has 1 fully saturated rings. The highest BCUT2D eigenvalue weighted by Gasteiger charge is 2.32. The van der Waals surface area contributed by atoms with Crippen LogP contribution in [0.25, 0.3) is 0 Å². The molecule has 148 valence electrons. The van der Waals surface area contributed by atoms with Gasteiger partial charge in [0.05, 0.1) is 6.04 Å². The molecule has 0 bridgehead atoms. The van der Waals surface area contributed by atoms with Crippen LogP contribution in [0.15, 0.2) is 31.2 Å². The second kappa shape index (κ2) is 11.5. The minimum Gasteiger partial charge on any atom is -0.301 e. The van der Waals surface area contributed by atoms with Crippen LogP contribution in [-0.2, 0) is 4.79 Å². The van der Waals surface area contributed by atoms with Crippen LogP contribution >= 0.6 is 10.0 Å². The van der Waals surface area contributed by atoms with Crippen LogP contribution < -0.4 is 0 Å². The predicted octanol–water partition coefficient (Wildman–Crippen LogP) is 6.06. The Balaban J connectivity index is 2.60. The standard InChI is InChI=1S/C22H37NO2S/c1-6-14-21(24)20(7-2)23(8-3)22(25)26(4,5)18-13-12-17-19-15-10-9-11-16-19/h8,14,19-20H,1,3,7,9-13,15-18H2,2,4-5H3. The third-order valence-electron chi connectivity index (χ3n) is 5.42. The van der Waals surface area contributed by atoms with E-state index in [1.54, 1.807) is 4.90 Å². The Morgan fingerprint density at radius 2 is 1.88 bits per heavy atom. The van der Waals surface area contributed by atoms with E-state index in [9.17, 15) is 9.59 Å². The van der Waals surface area contributed by atoms with Crippen molar-refractivity contribution in [2.45, 2.75) is 70.8 Å². The van der Waals surface area contributed by atoms with Gasteiger partial charge < -0.3 is 4.90 Å². The van der Waals surface area contributed by atoms with Gasteiger partial charge in [-0.2, -0.15) is 10.0 Å². The molecule has 0 saturated heterocycles. The first-order valence-electron chi connectivity index (χ1n) is 9.93. The lowest BCUT2D eigenvalue weighted by Gasteiger charge is -2.37. The first kappa shape index (κ1) is 22.8. The van der Waals surface area contributed by atoms with Crippen LogP contribution in [-0.4, -0.2) is 40.2 Å². The van der Waals surface area contributed by atoms with E-state index in [0.29, 0.717) is 6.42 Å². The summed E-state index contributed by atoms with van der Waals surface area (Å²) in [6.07, 6.45) is 18.1. The van der Waals surface area contributed by atoms with Crippen molar-refractivity contribution in [1.82, 2.24) is 4.90 Å². The highest BCUT2D eigenvalue weighted by atomic mass is 32.3. The number of hydrogen-bond donors (Lipinski definition) is 0. The molecule has 1 unspecified atom stereocenters. The lowest BCUT2D eigenvalue weighted by molar-refractivity contribution is -0.118. The Labute approximate surface area is 161 Å².